The predicted octanol–water partition coefficient (Wildman–Crippen LogP) is 3.04. The van der Waals surface area contributed by atoms with Gasteiger partial charge in [-0.3, -0.25) is 9.59 Å². The molecule has 1 aromatic carbocycles. The molecule has 2 aliphatic rings. The molecule has 4 nitrogen and oxygen atoms in total. The molecule has 2 aliphatic heterocycles. The van der Waals surface area contributed by atoms with Crippen molar-refractivity contribution in [3.8, 4) is 0 Å². The lowest BCUT2D eigenvalue weighted by Gasteiger charge is -2.36. The van der Waals surface area contributed by atoms with E-state index in [9.17, 15) is 9.59 Å². The van der Waals surface area contributed by atoms with E-state index in [2.05, 4.69) is 29.3 Å². The summed E-state index contributed by atoms with van der Waals surface area (Å²) in [5, 5.41) is 3.21. The standard InChI is InChI=1S/C19H26N2O2/c1-13(2)18(23)21-15(14-8-5-4-6-9-14)12-19(3)16(21)10-7-11-17(22)20-19/h4-6,8-9,13,15-16H,7,10-12H2,1-3H3,(H,20,22)/t15-,16-,19-/m0/s1. The number of carbonyl (C=O) groups is 2. The Bertz CT molecular complexity index is 599. The number of rotatable bonds is 2. The fraction of sp³-hybridized carbons (Fsp3) is 0.579. The van der Waals surface area contributed by atoms with Gasteiger partial charge in [-0.15, -0.1) is 0 Å². The summed E-state index contributed by atoms with van der Waals surface area (Å²) in [5.41, 5.74) is 0.823. The Balaban J connectivity index is 2.02. The van der Waals surface area contributed by atoms with E-state index in [0.717, 1.165) is 24.8 Å². The van der Waals surface area contributed by atoms with Gasteiger partial charge in [-0.25, -0.2) is 0 Å². The molecular formula is C19H26N2O2. The summed E-state index contributed by atoms with van der Waals surface area (Å²) in [6, 6.07) is 10.3. The Morgan fingerprint density at radius 3 is 2.65 bits per heavy atom. The SMILES string of the molecule is CC(C)C(=O)N1[C@H]2CCCC(=O)N[C@@]2(C)C[C@H]1c1ccccc1. The minimum Gasteiger partial charge on any atom is -0.349 e. The van der Waals surface area contributed by atoms with E-state index < -0.39 is 0 Å². The fourth-order valence-electron chi connectivity index (χ4n) is 4.15. The van der Waals surface area contributed by atoms with Crippen LogP contribution < -0.4 is 5.32 Å². The summed E-state index contributed by atoms with van der Waals surface area (Å²) in [6.45, 7) is 6.01. The van der Waals surface area contributed by atoms with Crippen LogP contribution in [0.15, 0.2) is 30.3 Å². The molecule has 2 heterocycles. The molecule has 2 fully saturated rings. The number of likely N-dealkylation sites (tertiary alicyclic amines) is 1. The molecule has 3 rings (SSSR count). The van der Waals surface area contributed by atoms with Gasteiger partial charge >= 0.3 is 0 Å². The molecule has 0 aromatic heterocycles. The van der Waals surface area contributed by atoms with E-state index in [4.69, 9.17) is 0 Å². The van der Waals surface area contributed by atoms with Crippen molar-refractivity contribution in [1.29, 1.82) is 0 Å². The minimum atomic E-state index is -0.335. The first kappa shape index (κ1) is 16.0. The third-order valence-electron chi connectivity index (χ3n) is 5.26. The number of nitrogens with one attached hydrogen (secondary N) is 1. The molecule has 124 valence electrons. The molecule has 23 heavy (non-hydrogen) atoms. The maximum Gasteiger partial charge on any atom is 0.225 e. The van der Waals surface area contributed by atoms with Crippen LogP contribution in [0.4, 0.5) is 0 Å². The van der Waals surface area contributed by atoms with Crippen LogP contribution in [0.5, 0.6) is 0 Å². The zero-order valence-electron chi connectivity index (χ0n) is 14.2. The van der Waals surface area contributed by atoms with Crippen LogP contribution in [-0.4, -0.2) is 28.3 Å². The molecule has 1 aromatic rings. The summed E-state index contributed by atoms with van der Waals surface area (Å²) >= 11 is 0. The van der Waals surface area contributed by atoms with Gasteiger partial charge in [0.25, 0.3) is 0 Å². The largest absolute Gasteiger partial charge is 0.349 e. The molecular weight excluding hydrogens is 288 g/mol. The maximum atomic E-state index is 12.9. The zero-order valence-corrected chi connectivity index (χ0v) is 14.2. The van der Waals surface area contributed by atoms with Crippen LogP contribution in [-0.2, 0) is 9.59 Å². The molecule has 1 N–H and O–H groups in total. The van der Waals surface area contributed by atoms with Crippen molar-refractivity contribution in [2.75, 3.05) is 0 Å². The number of fused-ring (bicyclic) bond motifs is 1. The quantitative estimate of drug-likeness (QED) is 0.912. The second-order valence-electron chi connectivity index (χ2n) is 7.40. The van der Waals surface area contributed by atoms with Crippen molar-refractivity contribution in [2.45, 2.75) is 64.1 Å². The Kier molecular flexibility index (Phi) is 4.17. The van der Waals surface area contributed by atoms with Gasteiger partial charge in [-0.2, -0.15) is 0 Å². The van der Waals surface area contributed by atoms with Crippen LogP contribution >= 0.6 is 0 Å². The Hall–Kier alpha value is -1.84. The molecule has 0 bridgehead atoms. The number of nitrogens with zero attached hydrogens (tertiary/aromatic N) is 1. The smallest absolute Gasteiger partial charge is 0.225 e. The van der Waals surface area contributed by atoms with Crippen molar-refractivity contribution in [3.05, 3.63) is 35.9 Å². The van der Waals surface area contributed by atoms with Gasteiger partial charge in [0.1, 0.15) is 0 Å². The third kappa shape index (κ3) is 2.87. The predicted molar refractivity (Wildman–Crippen MR) is 89.7 cm³/mol. The third-order valence-corrected chi connectivity index (χ3v) is 5.26. The highest BCUT2D eigenvalue weighted by Crippen LogP contribution is 2.45. The second-order valence-corrected chi connectivity index (χ2v) is 7.40. The van der Waals surface area contributed by atoms with Crippen LogP contribution in [0.2, 0.25) is 0 Å². The van der Waals surface area contributed by atoms with Gasteiger partial charge in [0.05, 0.1) is 17.6 Å². The lowest BCUT2D eigenvalue weighted by molar-refractivity contribution is -0.138. The normalized spacial score (nSPS) is 30.8. The molecule has 0 spiro atoms. The topological polar surface area (TPSA) is 49.4 Å². The maximum absolute atomic E-state index is 12.9. The monoisotopic (exact) mass is 314 g/mol. The first-order valence-electron chi connectivity index (χ1n) is 8.60. The van der Waals surface area contributed by atoms with Crippen LogP contribution in [0, 0.1) is 5.92 Å². The number of carbonyl (C=O) groups excluding carboxylic acids is 2. The van der Waals surface area contributed by atoms with E-state index in [-0.39, 0.29) is 35.4 Å². The van der Waals surface area contributed by atoms with E-state index in [1.54, 1.807) is 0 Å². The number of amides is 2. The van der Waals surface area contributed by atoms with Crippen molar-refractivity contribution in [1.82, 2.24) is 10.2 Å². The van der Waals surface area contributed by atoms with Gasteiger partial charge in [-0.1, -0.05) is 44.2 Å². The zero-order chi connectivity index (χ0) is 16.6. The van der Waals surface area contributed by atoms with Gasteiger partial charge in [-0.05, 0) is 31.7 Å². The summed E-state index contributed by atoms with van der Waals surface area (Å²) in [6.07, 6.45) is 3.07. The Labute approximate surface area is 138 Å². The van der Waals surface area contributed by atoms with Crippen molar-refractivity contribution in [3.63, 3.8) is 0 Å². The highest BCUT2D eigenvalue weighted by molar-refractivity contribution is 5.81. The van der Waals surface area contributed by atoms with E-state index >= 15 is 0 Å². The molecule has 4 heteroatoms. The van der Waals surface area contributed by atoms with Crippen LogP contribution in [0.3, 0.4) is 0 Å². The van der Waals surface area contributed by atoms with Crippen molar-refractivity contribution in [2.24, 2.45) is 5.92 Å². The van der Waals surface area contributed by atoms with Gasteiger partial charge < -0.3 is 10.2 Å². The number of benzene rings is 1. The lowest BCUT2D eigenvalue weighted by Crippen LogP contribution is -2.54. The van der Waals surface area contributed by atoms with E-state index in [1.807, 2.05) is 32.0 Å². The number of hydrogen-bond donors (Lipinski definition) is 1. The van der Waals surface area contributed by atoms with Gasteiger partial charge in [0.15, 0.2) is 0 Å². The second kappa shape index (κ2) is 5.99. The fourth-order valence-corrected chi connectivity index (χ4v) is 4.15. The van der Waals surface area contributed by atoms with Crippen molar-refractivity contribution < 1.29 is 9.59 Å². The first-order valence-corrected chi connectivity index (χ1v) is 8.60. The minimum absolute atomic E-state index is 0.0393. The highest BCUT2D eigenvalue weighted by Gasteiger charge is 2.52. The highest BCUT2D eigenvalue weighted by atomic mass is 16.2. The van der Waals surface area contributed by atoms with Crippen molar-refractivity contribution >= 4 is 11.8 Å². The van der Waals surface area contributed by atoms with E-state index in [1.165, 1.54) is 0 Å². The average molecular weight is 314 g/mol. The molecule has 0 aliphatic carbocycles. The molecule has 2 amide bonds. The van der Waals surface area contributed by atoms with Gasteiger partial charge in [0, 0.05) is 12.3 Å². The van der Waals surface area contributed by atoms with E-state index in [0.29, 0.717) is 6.42 Å². The summed E-state index contributed by atoms with van der Waals surface area (Å²) < 4.78 is 0. The average Bonchev–Trinajstić information content (AvgIpc) is 2.71. The molecule has 0 radical (unpaired) electrons. The Morgan fingerprint density at radius 2 is 2.00 bits per heavy atom. The number of hydrogen-bond acceptors (Lipinski definition) is 2. The molecule has 0 saturated carbocycles. The van der Waals surface area contributed by atoms with Gasteiger partial charge in [0.2, 0.25) is 11.8 Å². The summed E-state index contributed by atoms with van der Waals surface area (Å²) in [5.74, 6) is 0.256. The first-order chi connectivity index (χ1) is 10.9. The molecule has 2 saturated heterocycles. The molecule has 3 atom stereocenters. The summed E-state index contributed by atoms with van der Waals surface area (Å²) in [7, 11) is 0. The summed E-state index contributed by atoms with van der Waals surface area (Å²) in [4.78, 5) is 27.1. The van der Waals surface area contributed by atoms with Crippen LogP contribution in [0.25, 0.3) is 0 Å². The Morgan fingerprint density at radius 1 is 1.30 bits per heavy atom. The van der Waals surface area contributed by atoms with Crippen LogP contribution in [0.1, 0.15) is 58.1 Å². The molecule has 0 unspecified atom stereocenters. The lowest BCUT2D eigenvalue weighted by atomic mass is 9.88.